The van der Waals surface area contributed by atoms with Crippen LogP contribution in [-0.4, -0.2) is 24.6 Å². The average Bonchev–Trinajstić information content (AvgIpc) is 2.20. The standard InChI is InChI=1S/C10H17N3O2/c1-4-6(2)5-11-8-7(3)9(14)13-10(15)12-8/h7-8,11H,2,4-5H2,1,3H3,(H2,12,13,14,15). The fourth-order valence-corrected chi connectivity index (χ4v) is 1.29. The minimum atomic E-state index is -0.447. The van der Waals surface area contributed by atoms with Gasteiger partial charge in [-0.1, -0.05) is 26.0 Å². The van der Waals surface area contributed by atoms with Gasteiger partial charge in [-0.15, -0.1) is 0 Å². The van der Waals surface area contributed by atoms with E-state index in [9.17, 15) is 9.59 Å². The molecule has 1 aliphatic heterocycles. The Morgan fingerprint density at radius 1 is 1.53 bits per heavy atom. The minimum absolute atomic E-state index is 0.252. The van der Waals surface area contributed by atoms with E-state index in [4.69, 9.17) is 0 Å². The van der Waals surface area contributed by atoms with Gasteiger partial charge in [0.05, 0.1) is 12.1 Å². The fourth-order valence-electron chi connectivity index (χ4n) is 1.29. The van der Waals surface area contributed by atoms with Gasteiger partial charge in [0.15, 0.2) is 0 Å². The Bertz CT molecular complexity index is 288. The first kappa shape index (κ1) is 11.7. The zero-order chi connectivity index (χ0) is 11.4. The Hall–Kier alpha value is -1.36. The van der Waals surface area contributed by atoms with E-state index in [0.29, 0.717) is 6.54 Å². The zero-order valence-electron chi connectivity index (χ0n) is 9.09. The summed E-state index contributed by atoms with van der Waals surface area (Å²) in [5, 5.41) is 7.95. The molecule has 3 N–H and O–H groups in total. The molecule has 0 aromatic rings. The number of carbonyl (C=O) groups excluding carboxylic acids is 2. The van der Waals surface area contributed by atoms with Crippen LogP contribution in [0.3, 0.4) is 0 Å². The summed E-state index contributed by atoms with van der Waals surface area (Å²) in [7, 11) is 0. The zero-order valence-corrected chi connectivity index (χ0v) is 9.09. The van der Waals surface area contributed by atoms with Crippen LogP contribution in [0.15, 0.2) is 12.2 Å². The molecule has 5 heteroatoms. The number of rotatable bonds is 4. The highest BCUT2D eigenvalue weighted by Gasteiger charge is 2.31. The van der Waals surface area contributed by atoms with Crippen LogP contribution >= 0.6 is 0 Å². The van der Waals surface area contributed by atoms with Crippen LogP contribution in [0.2, 0.25) is 0 Å². The maximum Gasteiger partial charge on any atom is 0.322 e. The molecule has 0 saturated carbocycles. The highest BCUT2D eigenvalue weighted by Crippen LogP contribution is 2.05. The summed E-state index contributed by atoms with van der Waals surface area (Å²) in [5.41, 5.74) is 1.04. The molecule has 0 aromatic carbocycles. The van der Waals surface area contributed by atoms with Crippen LogP contribution in [-0.2, 0) is 4.79 Å². The number of hydrogen-bond donors (Lipinski definition) is 3. The van der Waals surface area contributed by atoms with Gasteiger partial charge < -0.3 is 5.32 Å². The van der Waals surface area contributed by atoms with Crippen LogP contribution in [0.25, 0.3) is 0 Å². The Morgan fingerprint density at radius 2 is 2.20 bits per heavy atom. The van der Waals surface area contributed by atoms with Crippen LogP contribution < -0.4 is 16.0 Å². The molecule has 0 bridgehead atoms. The predicted molar refractivity (Wildman–Crippen MR) is 57.1 cm³/mol. The Morgan fingerprint density at radius 3 is 2.80 bits per heavy atom. The highest BCUT2D eigenvalue weighted by atomic mass is 16.2. The summed E-state index contributed by atoms with van der Waals surface area (Å²) in [5.74, 6) is -0.522. The fraction of sp³-hybridized carbons (Fsp3) is 0.600. The van der Waals surface area contributed by atoms with E-state index in [1.54, 1.807) is 6.92 Å². The quantitative estimate of drug-likeness (QED) is 0.587. The molecule has 15 heavy (non-hydrogen) atoms. The molecule has 2 atom stereocenters. The van der Waals surface area contributed by atoms with Gasteiger partial charge in [0.1, 0.15) is 0 Å². The van der Waals surface area contributed by atoms with Gasteiger partial charge in [-0.2, -0.15) is 0 Å². The van der Waals surface area contributed by atoms with Gasteiger partial charge in [0, 0.05) is 6.54 Å². The van der Waals surface area contributed by atoms with Crippen molar-refractivity contribution in [2.45, 2.75) is 26.4 Å². The third-order valence-electron chi connectivity index (χ3n) is 2.51. The monoisotopic (exact) mass is 211 g/mol. The molecule has 0 aliphatic carbocycles. The first-order valence-corrected chi connectivity index (χ1v) is 5.06. The van der Waals surface area contributed by atoms with Gasteiger partial charge in [-0.3, -0.25) is 15.4 Å². The van der Waals surface area contributed by atoms with Crippen molar-refractivity contribution in [3.05, 3.63) is 12.2 Å². The van der Waals surface area contributed by atoms with Gasteiger partial charge in [0.25, 0.3) is 0 Å². The molecule has 3 amide bonds. The lowest BCUT2D eigenvalue weighted by molar-refractivity contribution is -0.125. The smallest absolute Gasteiger partial charge is 0.322 e. The molecule has 84 valence electrons. The number of urea groups is 1. The first-order valence-electron chi connectivity index (χ1n) is 5.06. The van der Waals surface area contributed by atoms with Crippen LogP contribution in [0, 0.1) is 5.92 Å². The molecule has 2 unspecified atom stereocenters. The Labute approximate surface area is 89.3 Å². The molecule has 1 fully saturated rings. The van der Waals surface area contributed by atoms with Crippen LogP contribution in [0.5, 0.6) is 0 Å². The van der Waals surface area contributed by atoms with Gasteiger partial charge in [0.2, 0.25) is 5.91 Å². The molecular weight excluding hydrogens is 194 g/mol. The summed E-state index contributed by atoms with van der Waals surface area (Å²) in [6, 6.07) is -0.447. The van der Waals surface area contributed by atoms with Crippen LogP contribution in [0.4, 0.5) is 4.79 Å². The Balaban J connectivity index is 2.49. The van der Waals surface area contributed by atoms with Crippen molar-refractivity contribution in [3.63, 3.8) is 0 Å². The summed E-state index contributed by atoms with van der Waals surface area (Å²) in [6.07, 6.45) is 0.573. The van der Waals surface area contributed by atoms with Crippen LogP contribution in [0.1, 0.15) is 20.3 Å². The third kappa shape index (κ3) is 3.06. The lowest BCUT2D eigenvalue weighted by Crippen LogP contribution is -2.62. The van der Waals surface area contributed by atoms with Gasteiger partial charge in [-0.25, -0.2) is 4.79 Å². The summed E-state index contributed by atoms with van der Waals surface area (Å²) >= 11 is 0. The lowest BCUT2D eigenvalue weighted by atomic mass is 10.1. The van der Waals surface area contributed by atoms with Gasteiger partial charge >= 0.3 is 6.03 Å². The van der Waals surface area contributed by atoms with Gasteiger partial charge in [-0.05, 0) is 6.42 Å². The minimum Gasteiger partial charge on any atom is -0.322 e. The molecule has 1 heterocycles. The summed E-state index contributed by atoms with van der Waals surface area (Å²) < 4.78 is 0. The first-order chi connectivity index (χ1) is 7.04. The van der Waals surface area contributed by atoms with E-state index in [1.807, 2.05) is 6.92 Å². The highest BCUT2D eigenvalue weighted by molar-refractivity contribution is 5.98. The summed E-state index contributed by atoms with van der Waals surface area (Å²) in [6.45, 7) is 8.23. The van der Waals surface area contributed by atoms with Crippen molar-refractivity contribution in [1.29, 1.82) is 0 Å². The normalized spacial score (nSPS) is 25.7. The number of nitrogens with one attached hydrogen (secondary N) is 3. The van der Waals surface area contributed by atoms with Crippen molar-refractivity contribution >= 4 is 11.9 Å². The van der Waals surface area contributed by atoms with Crippen molar-refractivity contribution < 1.29 is 9.59 Å². The third-order valence-corrected chi connectivity index (χ3v) is 2.51. The molecule has 1 saturated heterocycles. The molecular formula is C10H17N3O2. The van der Waals surface area contributed by atoms with Crippen molar-refractivity contribution in [3.8, 4) is 0 Å². The molecule has 1 aliphatic rings. The lowest BCUT2D eigenvalue weighted by Gasteiger charge is -2.29. The van der Waals surface area contributed by atoms with E-state index in [0.717, 1.165) is 12.0 Å². The SMILES string of the molecule is C=C(CC)CNC1NC(=O)NC(=O)C1C. The van der Waals surface area contributed by atoms with E-state index >= 15 is 0 Å². The van der Waals surface area contributed by atoms with E-state index in [1.165, 1.54) is 0 Å². The number of imide groups is 1. The maximum absolute atomic E-state index is 11.3. The average molecular weight is 211 g/mol. The van der Waals surface area contributed by atoms with Crippen molar-refractivity contribution in [2.75, 3.05) is 6.54 Å². The second-order valence-electron chi connectivity index (χ2n) is 3.71. The van der Waals surface area contributed by atoms with Crippen molar-refractivity contribution in [1.82, 2.24) is 16.0 Å². The molecule has 0 spiro atoms. The second kappa shape index (κ2) is 4.93. The summed E-state index contributed by atoms with van der Waals surface area (Å²) in [4.78, 5) is 22.3. The number of carbonyl (C=O) groups is 2. The second-order valence-corrected chi connectivity index (χ2v) is 3.71. The molecule has 0 radical (unpaired) electrons. The Kier molecular flexibility index (Phi) is 3.85. The van der Waals surface area contributed by atoms with E-state index < -0.39 is 6.03 Å². The maximum atomic E-state index is 11.3. The van der Waals surface area contributed by atoms with Crippen molar-refractivity contribution in [2.24, 2.45) is 5.92 Å². The molecule has 1 rings (SSSR count). The molecule has 5 nitrogen and oxygen atoms in total. The topological polar surface area (TPSA) is 70.2 Å². The van der Waals surface area contributed by atoms with E-state index in [2.05, 4.69) is 22.5 Å². The van der Waals surface area contributed by atoms with E-state index in [-0.39, 0.29) is 18.0 Å². The largest absolute Gasteiger partial charge is 0.322 e. The molecule has 0 aromatic heterocycles. The number of hydrogen-bond acceptors (Lipinski definition) is 3. The predicted octanol–water partition coefficient (Wildman–Crippen LogP) is 0.344. The number of amides is 3.